The normalized spacial score (nSPS) is 10.2. The molecule has 2 rings (SSSR count). The molecular formula is C15H11BrFNO3. The Bertz CT molecular complexity index is 703. The molecule has 0 saturated carbocycles. The smallest absolute Gasteiger partial charge is 0.335 e. The van der Waals surface area contributed by atoms with Crippen molar-refractivity contribution in [2.24, 2.45) is 0 Å². The second kappa shape index (κ2) is 6.49. The Hall–Kier alpha value is -2.21. The van der Waals surface area contributed by atoms with Crippen LogP contribution in [0.25, 0.3) is 0 Å². The summed E-state index contributed by atoms with van der Waals surface area (Å²) in [6, 6.07) is 10.1. The van der Waals surface area contributed by atoms with E-state index in [-0.39, 0.29) is 17.9 Å². The number of aromatic carboxylic acids is 1. The van der Waals surface area contributed by atoms with Crippen LogP contribution in [0, 0.1) is 5.82 Å². The zero-order chi connectivity index (χ0) is 15.4. The Balaban J connectivity index is 2.12. The fourth-order valence-electron chi connectivity index (χ4n) is 1.78. The average Bonchev–Trinajstić information content (AvgIpc) is 2.41. The lowest BCUT2D eigenvalue weighted by atomic mass is 10.1. The average molecular weight is 352 g/mol. The number of rotatable bonds is 4. The van der Waals surface area contributed by atoms with E-state index in [2.05, 4.69) is 21.2 Å². The van der Waals surface area contributed by atoms with Crippen molar-refractivity contribution in [2.45, 2.75) is 6.42 Å². The Morgan fingerprint density at radius 2 is 1.95 bits per heavy atom. The first-order valence-corrected chi connectivity index (χ1v) is 6.82. The van der Waals surface area contributed by atoms with Crippen LogP contribution in [0.2, 0.25) is 0 Å². The molecule has 2 N–H and O–H groups in total. The van der Waals surface area contributed by atoms with Crippen LogP contribution in [0.4, 0.5) is 10.1 Å². The minimum Gasteiger partial charge on any atom is -0.478 e. The van der Waals surface area contributed by atoms with Crippen LogP contribution in [0.15, 0.2) is 46.9 Å². The van der Waals surface area contributed by atoms with Gasteiger partial charge in [-0.15, -0.1) is 0 Å². The topological polar surface area (TPSA) is 66.4 Å². The van der Waals surface area contributed by atoms with Gasteiger partial charge in [-0.1, -0.05) is 12.1 Å². The summed E-state index contributed by atoms with van der Waals surface area (Å²) in [7, 11) is 0. The van der Waals surface area contributed by atoms with Crippen molar-refractivity contribution in [2.75, 3.05) is 5.32 Å². The number of anilines is 1. The molecule has 0 radical (unpaired) electrons. The Kier molecular flexibility index (Phi) is 4.70. The molecule has 0 aliphatic rings. The SMILES string of the molecule is O=C(Cc1cccc(F)c1)Nc1cc(C(=O)O)ccc1Br. The van der Waals surface area contributed by atoms with Crippen molar-refractivity contribution in [3.63, 3.8) is 0 Å². The molecule has 108 valence electrons. The van der Waals surface area contributed by atoms with E-state index < -0.39 is 11.8 Å². The molecule has 0 heterocycles. The van der Waals surface area contributed by atoms with E-state index in [4.69, 9.17) is 5.11 Å². The summed E-state index contributed by atoms with van der Waals surface area (Å²) >= 11 is 3.24. The van der Waals surface area contributed by atoms with Gasteiger partial charge in [-0.3, -0.25) is 4.79 Å². The second-order valence-corrected chi connectivity index (χ2v) is 5.21. The highest BCUT2D eigenvalue weighted by Crippen LogP contribution is 2.24. The summed E-state index contributed by atoms with van der Waals surface area (Å²) < 4.78 is 13.6. The number of hydrogen-bond donors (Lipinski definition) is 2. The summed E-state index contributed by atoms with van der Waals surface area (Å²) in [5, 5.41) is 11.5. The Morgan fingerprint density at radius 3 is 2.62 bits per heavy atom. The first kappa shape index (κ1) is 15.2. The van der Waals surface area contributed by atoms with Crippen LogP contribution >= 0.6 is 15.9 Å². The molecule has 0 aromatic heterocycles. The lowest BCUT2D eigenvalue weighted by molar-refractivity contribution is -0.115. The fraction of sp³-hybridized carbons (Fsp3) is 0.0667. The third-order valence-corrected chi connectivity index (χ3v) is 3.43. The molecule has 0 atom stereocenters. The summed E-state index contributed by atoms with van der Waals surface area (Å²) in [5.74, 6) is -1.85. The van der Waals surface area contributed by atoms with Crippen molar-refractivity contribution in [1.82, 2.24) is 0 Å². The number of hydrogen-bond acceptors (Lipinski definition) is 2. The first-order chi connectivity index (χ1) is 9.95. The zero-order valence-corrected chi connectivity index (χ0v) is 12.4. The maximum absolute atomic E-state index is 13.0. The lowest BCUT2D eigenvalue weighted by Gasteiger charge is -2.08. The molecule has 0 aliphatic carbocycles. The lowest BCUT2D eigenvalue weighted by Crippen LogP contribution is -2.15. The standard InChI is InChI=1S/C15H11BrFNO3/c16-12-5-4-10(15(20)21)8-13(12)18-14(19)7-9-2-1-3-11(17)6-9/h1-6,8H,7H2,(H,18,19)(H,20,21). The monoisotopic (exact) mass is 351 g/mol. The van der Waals surface area contributed by atoms with Crippen molar-refractivity contribution in [3.8, 4) is 0 Å². The van der Waals surface area contributed by atoms with Gasteiger partial charge in [0.2, 0.25) is 5.91 Å². The summed E-state index contributed by atoms with van der Waals surface area (Å²) in [6.07, 6.45) is 0.00149. The van der Waals surface area contributed by atoms with Gasteiger partial charge in [0.15, 0.2) is 0 Å². The molecule has 21 heavy (non-hydrogen) atoms. The van der Waals surface area contributed by atoms with Gasteiger partial charge < -0.3 is 10.4 Å². The van der Waals surface area contributed by atoms with Crippen molar-refractivity contribution < 1.29 is 19.1 Å². The summed E-state index contributed by atoms with van der Waals surface area (Å²) in [6.45, 7) is 0. The molecule has 0 bridgehead atoms. The zero-order valence-electron chi connectivity index (χ0n) is 10.8. The van der Waals surface area contributed by atoms with Gasteiger partial charge >= 0.3 is 5.97 Å². The van der Waals surface area contributed by atoms with Gasteiger partial charge in [-0.25, -0.2) is 9.18 Å². The number of carboxylic acids is 1. The number of carboxylic acid groups (broad SMARTS) is 1. The predicted octanol–water partition coefficient (Wildman–Crippen LogP) is 3.47. The molecule has 0 spiro atoms. The number of benzene rings is 2. The molecule has 0 fully saturated rings. The largest absolute Gasteiger partial charge is 0.478 e. The van der Waals surface area contributed by atoms with Gasteiger partial charge in [0.05, 0.1) is 17.7 Å². The molecule has 2 aromatic carbocycles. The number of carbonyl (C=O) groups is 2. The molecule has 0 unspecified atom stereocenters. The highest BCUT2D eigenvalue weighted by Gasteiger charge is 2.10. The molecule has 4 nitrogen and oxygen atoms in total. The Labute approximate surface area is 128 Å². The number of halogens is 2. The quantitative estimate of drug-likeness (QED) is 0.886. The van der Waals surface area contributed by atoms with E-state index in [1.165, 1.54) is 30.3 Å². The molecule has 1 amide bonds. The van der Waals surface area contributed by atoms with Crippen LogP contribution < -0.4 is 5.32 Å². The van der Waals surface area contributed by atoms with Crippen molar-refractivity contribution >= 4 is 33.5 Å². The first-order valence-electron chi connectivity index (χ1n) is 6.03. The third kappa shape index (κ3) is 4.13. The van der Waals surface area contributed by atoms with Crippen LogP contribution in [-0.4, -0.2) is 17.0 Å². The molecular weight excluding hydrogens is 341 g/mol. The molecule has 6 heteroatoms. The van der Waals surface area contributed by atoms with Crippen molar-refractivity contribution in [3.05, 3.63) is 63.9 Å². The summed E-state index contributed by atoms with van der Waals surface area (Å²) in [4.78, 5) is 22.8. The van der Waals surface area contributed by atoms with E-state index in [9.17, 15) is 14.0 Å². The van der Waals surface area contributed by atoms with E-state index in [1.807, 2.05) is 0 Å². The molecule has 2 aromatic rings. The molecule has 0 saturated heterocycles. The van der Waals surface area contributed by atoms with Crippen LogP contribution in [-0.2, 0) is 11.2 Å². The summed E-state index contributed by atoms with van der Waals surface area (Å²) in [5.41, 5.74) is 0.966. The van der Waals surface area contributed by atoms with Crippen molar-refractivity contribution in [1.29, 1.82) is 0 Å². The minimum atomic E-state index is -1.08. The van der Waals surface area contributed by atoms with E-state index in [1.54, 1.807) is 12.1 Å². The third-order valence-electron chi connectivity index (χ3n) is 2.74. The highest BCUT2D eigenvalue weighted by atomic mass is 79.9. The van der Waals surface area contributed by atoms with E-state index in [0.29, 0.717) is 15.7 Å². The van der Waals surface area contributed by atoms with Gasteiger partial charge in [0.1, 0.15) is 5.82 Å². The maximum atomic E-state index is 13.0. The Morgan fingerprint density at radius 1 is 1.19 bits per heavy atom. The highest BCUT2D eigenvalue weighted by molar-refractivity contribution is 9.10. The fourth-order valence-corrected chi connectivity index (χ4v) is 2.13. The molecule has 0 aliphatic heterocycles. The van der Waals surface area contributed by atoms with Gasteiger partial charge in [0.25, 0.3) is 0 Å². The number of nitrogens with one attached hydrogen (secondary N) is 1. The van der Waals surface area contributed by atoms with E-state index >= 15 is 0 Å². The number of carbonyl (C=O) groups excluding carboxylic acids is 1. The van der Waals surface area contributed by atoms with Gasteiger partial charge in [-0.05, 0) is 51.8 Å². The van der Waals surface area contributed by atoms with E-state index in [0.717, 1.165) is 0 Å². The maximum Gasteiger partial charge on any atom is 0.335 e. The van der Waals surface area contributed by atoms with Crippen LogP contribution in [0.3, 0.4) is 0 Å². The number of amides is 1. The van der Waals surface area contributed by atoms with Gasteiger partial charge in [0, 0.05) is 4.47 Å². The minimum absolute atomic E-state index is 0.00149. The predicted molar refractivity (Wildman–Crippen MR) is 79.8 cm³/mol. The van der Waals surface area contributed by atoms with Gasteiger partial charge in [-0.2, -0.15) is 0 Å². The second-order valence-electron chi connectivity index (χ2n) is 4.35. The van der Waals surface area contributed by atoms with Crippen LogP contribution in [0.1, 0.15) is 15.9 Å². The van der Waals surface area contributed by atoms with Crippen LogP contribution in [0.5, 0.6) is 0 Å².